The van der Waals surface area contributed by atoms with Gasteiger partial charge in [-0.25, -0.2) is 0 Å². The molecule has 0 bridgehead atoms. The second-order valence-electron chi connectivity index (χ2n) is 6.49. The molecule has 0 saturated carbocycles. The van der Waals surface area contributed by atoms with E-state index in [1.807, 2.05) is 23.1 Å². The average Bonchev–Trinajstić information content (AvgIpc) is 3.40. The van der Waals surface area contributed by atoms with Crippen LogP contribution in [0, 0.1) is 0 Å². The molecular weight excluding hydrogens is 346 g/mol. The lowest BCUT2D eigenvalue weighted by Crippen LogP contribution is -2.30. The minimum Gasteiger partial charge on any atom is -0.472 e. The van der Waals surface area contributed by atoms with Crippen LogP contribution in [0.4, 0.5) is 0 Å². The van der Waals surface area contributed by atoms with Crippen molar-refractivity contribution in [3.8, 4) is 0 Å². The summed E-state index contributed by atoms with van der Waals surface area (Å²) in [7, 11) is 0. The third kappa shape index (κ3) is 5.20. The molecule has 7 heteroatoms. The Kier molecular flexibility index (Phi) is 6.25. The molecule has 1 aliphatic rings. The molecule has 1 aromatic heterocycles. The summed E-state index contributed by atoms with van der Waals surface area (Å²) in [6.45, 7) is 2.20. The van der Waals surface area contributed by atoms with Gasteiger partial charge in [0.25, 0.3) is 11.8 Å². The molecule has 2 N–H and O–H groups in total. The Morgan fingerprint density at radius 3 is 2.59 bits per heavy atom. The average molecular weight is 369 g/mol. The maximum absolute atomic E-state index is 12.4. The first kappa shape index (κ1) is 18.7. The lowest BCUT2D eigenvalue weighted by atomic mass is 10.1. The van der Waals surface area contributed by atoms with E-state index in [1.54, 1.807) is 12.1 Å². The number of nitrogens with zero attached hydrogens (tertiary/aromatic N) is 1. The highest BCUT2D eigenvalue weighted by Crippen LogP contribution is 2.14. The molecule has 0 atom stereocenters. The van der Waals surface area contributed by atoms with Gasteiger partial charge in [0.2, 0.25) is 5.91 Å². The van der Waals surface area contributed by atoms with Gasteiger partial charge in [-0.3, -0.25) is 14.4 Å². The summed E-state index contributed by atoms with van der Waals surface area (Å²) >= 11 is 0. The van der Waals surface area contributed by atoms with Crippen molar-refractivity contribution in [3.05, 3.63) is 59.5 Å². The second-order valence-corrected chi connectivity index (χ2v) is 6.49. The smallest absolute Gasteiger partial charge is 0.254 e. The number of carbonyl (C=O) groups is 3. The number of hydrogen-bond acceptors (Lipinski definition) is 4. The van der Waals surface area contributed by atoms with E-state index in [0.29, 0.717) is 17.7 Å². The zero-order chi connectivity index (χ0) is 19.1. The van der Waals surface area contributed by atoms with Crippen LogP contribution in [0.2, 0.25) is 0 Å². The van der Waals surface area contributed by atoms with Crippen LogP contribution in [-0.4, -0.2) is 42.3 Å². The highest BCUT2D eigenvalue weighted by atomic mass is 16.3. The first-order valence-corrected chi connectivity index (χ1v) is 9.09. The summed E-state index contributed by atoms with van der Waals surface area (Å²) in [5, 5.41) is 5.47. The zero-order valence-electron chi connectivity index (χ0n) is 15.1. The van der Waals surface area contributed by atoms with Gasteiger partial charge in [-0.15, -0.1) is 0 Å². The fraction of sp³-hybridized carbons (Fsp3) is 0.350. The van der Waals surface area contributed by atoms with Crippen molar-refractivity contribution in [2.75, 3.05) is 19.6 Å². The van der Waals surface area contributed by atoms with E-state index in [1.165, 1.54) is 12.5 Å². The maximum atomic E-state index is 12.4. The van der Waals surface area contributed by atoms with E-state index in [2.05, 4.69) is 10.6 Å². The predicted octanol–water partition coefficient (Wildman–Crippen LogP) is 1.95. The Bertz CT molecular complexity index is 795. The number of hydrogen-bond donors (Lipinski definition) is 2. The van der Waals surface area contributed by atoms with Crippen LogP contribution in [0.15, 0.2) is 47.3 Å². The Morgan fingerprint density at radius 1 is 1.04 bits per heavy atom. The fourth-order valence-electron chi connectivity index (χ4n) is 2.99. The minimum atomic E-state index is -0.273. The SMILES string of the molecule is O=C(CCNC(=O)c1ccoc1)NCc1cccc(C(=O)N2CCCC2)c1. The topological polar surface area (TPSA) is 91.6 Å². The molecule has 3 amide bonds. The van der Waals surface area contributed by atoms with Gasteiger partial charge < -0.3 is 20.0 Å². The fourth-order valence-corrected chi connectivity index (χ4v) is 2.99. The van der Waals surface area contributed by atoms with Gasteiger partial charge in [-0.05, 0) is 36.6 Å². The lowest BCUT2D eigenvalue weighted by molar-refractivity contribution is -0.121. The minimum absolute atomic E-state index is 0.0441. The van der Waals surface area contributed by atoms with Crippen molar-refractivity contribution in [2.24, 2.45) is 0 Å². The van der Waals surface area contributed by atoms with Gasteiger partial charge in [0.1, 0.15) is 6.26 Å². The summed E-state index contributed by atoms with van der Waals surface area (Å²) in [6, 6.07) is 8.89. The molecule has 2 heterocycles. The number of nitrogens with one attached hydrogen (secondary N) is 2. The van der Waals surface area contributed by atoms with Crippen LogP contribution in [-0.2, 0) is 11.3 Å². The number of benzene rings is 1. The number of amides is 3. The molecule has 3 rings (SSSR count). The Morgan fingerprint density at radius 2 is 1.85 bits per heavy atom. The second kappa shape index (κ2) is 9.02. The van der Waals surface area contributed by atoms with Crippen molar-refractivity contribution in [1.82, 2.24) is 15.5 Å². The Balaban J connectivity index is 1.42. The highest BCUT2D eigenvalue weighted by molar-refractivity contribution is 5.95. The molecule has 142 valence electrons. The third-order valence-electron chi connectivity index (χ3n) is 4.48. The normalized spacial score (nSPS) is 13.4. The zero-order valence-corrected chi connectivity index (χ0v) is 15.1. The lowest BCUT2D eigenvalue weighted by Gasteiger charge is -2.15. The molecule has 0 aliphatic carbocycles. The Hall–Kier alpha value is -3.09. The van der Waals surface area contributed by atoms with Gasteiger partial charge in [0.15, 0.2) is 0 Å². The van der Waals surface area contributed by atoms with E-state index in [0.717, 1.165) is 31.5 Å². The van der Waals surface area contributed by atoms with Crippen molar-refractivity contribution in [2.45, 2.75) is 25.8 Å². The van der Waals surface area contributed by atoms with Crippen LogP contribution in [0.1, 0.15) is 45.5 Å². The van der Waals surface area contributed by atoms with Crippen LogP contribution in [0.25, 0.3) is 0 Å². The molecule has 0 spiro atoms. The predicted molar refractivity (Wildman–Crippen MR) is 99.1 cm³/mol. The van der Waals surface area contributed by atoms with Crippen LogP contribution < -0.4 is 10.6 Å². The summed E-state index contributed by atoms with van der Waals surface area (Å²) in [5.41, 5.74) is 1.95. The molecule has 7 nitrogen and oxygen atoms in total. The number of likely N-dealkylation sites (tertiary alicyclic amines) is 1. The van der Waals surface area contributed by atoms with Crippen LogP contribution in [0.5, 0.6) is 0 Å². The standard InChI is InChI=1S/C20H23N3O4/c24-18(6-8-21-19(25)17-7-11-27-14-17)22-13-15-4-3-5-16(12-15)20(26)23-9-1-2-10-23/h3-5,7,11-12,14H,1-2,6,8-10,13H2,(H,21,25)(H,22,24). The van der Waals surface area contributed by atoms with Gasteiger partial charge in [-0.1, -0.05) is 12.1 Å². The van der Waals surface area contributed by atoms with Crippen molar-refractivity contribution in [1.29, 1.82) is 0 Å². The summed E-state index contributed by atoms with van der Waals surface area (Å²) in [4.78, 5) is 38.0. The maximum Gasteiger partial charge on any atom is 0.254 e. The van der Waals surface area contributed by atoms with Crippen LogP contribution in [0.3, 0.4) is 0 Å². The van der Waals surface area contributed by atoms with Crippen molar-refractivity contribution < 1.29 is 18.8 Å². The Labute approximate surface area is 157 Å². The quantitative estimate of drug-likeness (QED) is 0.780. The molecule has 1 saturated heterocycles. The van der Waals surface area contributed by atoms with E-state index in [-0.39, 0.29) is 30.7 Å². The molecule has 1 aromatic carbocycles. The summed E-state index contributed by atoms with van der Waals surface area (Å²) < 4.78 is 4.84. The third-order valence-corrected chi connectivity index (χ3v) is 4.48. The summed E-state index contributed by atoms with van der Waals surface area (Å²) in [6.07, 6.45) is 5.06. The molecule has 0 unspecified atom stereocenters. The van der Waals surface area contributed by atoms with Gasteiger partial charge in [0, 0.05) is 38.2 Å². The molecule has 27 heavy (non-hydrogen) atoms. The van der Waals surface area contributed by atoms with Crippen molar-refractivity contribution >= 4 is 17.7 Å². The first-order valence-electron chi connectivity index (χ1n) is 9.09. The molecular formula is C20H23N3O4. The highest BCUT2D eigenvalue weighted by Gasteiger charge is 2.19. The van der Waals surface area contributed by atoms with Crippen LogP contribution >= 0.6 is 0 Å². The van der Waals surface area contributed by atoms with E-state index in [4.69, 9.17) is 4.42 Å². The molecule has 1 fully saturated rings. The van der Waals surface area contributed by atoms with Gasteiger partial charge in [-0.2, -0.15) is 0 Å². The molecule has 1 aliphatic heterocycles. The number of furan rings is 1. The first-order chi connectivity index (χ1) is 13.1. The van der Waals surface area contributed by atoms with E-state index in [9.17, 15) is 14.4 Å². The largest absolute Gasteiger partial charge is 0.472 e. The van der Waals surface area contributed by atoms with E-state index >= 15 is 0 Å². The number of carbonyl (C=O) groups excluding carboxylic acids is 3. The number of rotatable bonds is 7. The molecule has 0 radical (unpaired) electrons. The monoisotopic (exact) mass is 369 g/mol. The van der Waals surface area contributed by atoms with Crippen molar-refractivity contribution in [3.63, 3.8) is 0 Å². The van der Waals surface area contributed by atoms with E-state index < -0.39 is 0 Å². The van der Waals surface area contributed by atoms with Gasteiger partial charge >= 0.3 is 0 Å². The summed E-state index contributed by atoms with van der Waals surface area (Å²) in [5.74, 6) is -0.397. The molecule has 2 aromatic rings. The van der Waals surface area contributed by atoms with Gasteiger partial charge in [0.05, 0.1) is 11.8 Å².